The first-order valence-electron chi connectivity index (χ1n) is 9.08. The summed E-state index contributed by atoms with van der Waals surface area (Å²) in [6, 6.07) is 10.6. The van der Waals surface area contributed by atoms with Gasteiger partial charge in [-0.2, -0.15) is 0 Å². The van der Waals surface area contributed by atoms with Crippen molar-refractivity contribution < 1.29 is 14.0 Å². The zero-order chi connectivity index (χ0) is 22.5. The van der Waals surface area contributed by atoms with Gasteiger partial charge in [-0.3, -0.25) is 9.59 Å². The summed E-state index contributed by atoms with van der Waals surface area (Å²) in [7, 11) is 1.74. The summed E-state index contributed by atoms with van der Waals surface area (Å²) >= 11 is 10.3. The highest BCUT2D eigenvalue weighted by Gasteiger charge is 2.19. The largest absolute Gasteiger partial charge is 0.342 e. The van der Waals surface area contributed by atoms with Crippen molar-refractivity contribution in [3.05, 3.63) is 69.2 Å². The van der Waals surface area contributed by atoms with E-state index in [-0.39, 0.29) is 23.3 Å². The molecule has 0 radical (unpaired) electrons. The average molecular weight is 527 g/mol. The molecule has 0 saturated heterocycles. The fourth-order valence-electron chi connectivity index (χ4n) is 2.71. The van der Waals surface area contributed by atoms with Gasteiger partial charge in [0, 0.05) is 22.1 Å². The molecule has 1 heterocycles. The third-order valence-corrected chi connectivity index (χ3v) is 5.98. The van der Waals surface area contributed by atoms with Gasteiger partial charge in [0.25, 0.3) is 5.91 Å². The van der Waals surface area contributed by atoms with Crippen LogP contribution in [0.25, 0.3) is 0 Å². The molecule has 1 aromatic heterocycles. The minimum absolute atomic E-state index is 0.0186. The molecule has 162 valence electrons. The van der Waals surface area contributed by atoms with Gasteiger partial charge in [0.05, 0.1) is 17.5 Å². The van der Waals surface area contributed by atoms with Crippen LogP contribution in [0.5, 0.6) is 0 Å². The van der Waals surface area contributed by atoms with Crippen molar-refractivity contribution in [1.29, 1.82) is 0 Å². The molecule has 0 aliphatic carbocycles. The van der Waals surface area contributed by atoms with Gasteiger partial charge in [0.15, 0.2) is 11.0 Å². The van der Waals surface area contributed by atoms with Crippen molar-refractivity contribution in [1.82, 2.24) is 20.1 Å². The molecule has 1 unspecified atom stereocenters. The van der Waals surface area contributed by atoms with Gasteiger partial charge in [-0.05, 0) is 43.3 Å². The van der Waals surface area contributed by atoms with Crippen LogP contribution in [0.4, 0.5) is 10.1 Å². The predicted octanol–water partition coefficient (Wildman–Crippen LogP) is 4.59. The van der Waals surface area contributed by atoms with Crippen LogP contribution in [0, 0.1) is 5.82 Å². The molecular weight excluding hydrogens is 509 g/mol. The van der Waals surface area contributed by atoms with E-state index >= 15 is 0 Å². The summed E-state index contributed by atoms with van der Waals surface area (Å²) in [6.07, 6.45) is 0. The van der Waals surface area contributed by atoms with Crippen molar-refractivity contribution in [2.24, 2.45) is 7.05 Å². The maximum atomic E-state index is 13.9. The van der Waals surface area contributed by atoms with E-state index in [1.807, 2.05) is 0 Å². The zero-order valence-electron chi connectivity index (χ0n) is 16.5. The van der Waals surface area contributed by atoms with E-state index in [1.165, 1.54) is 12.1 Å². The number of benzene rings is 2. The van der Waals surface area contributed by atoms with Crippen LogP contribution in [0.1, 0.15) is 29.1 Å². The zero-order valence-corrected chi connectivity index (χ0v) is 19.7. The molecule has 2 N–H and O–H groups in total. The fraction of sp³-hybridized carbons (Fsp3) is 0.200. The second kappa shape index (κ2) is 10.3. The quantitative estimate of drug-likeness (QED) is 0.440. The third-order valence-electron chi connectivity index (χ3n) is 4.23. The van der Waals surface area contributed by atoms with Gasteiger partial charge in [0.1, 0.15) is 5.82 Å². The number of nitrogens with zero attached hydrogens (tertiary/aromatic N) is 3. The maximum Gasteiger partial charge on any atom is 0.251 e. The van der Waals surface area contributed by atoms with Crippen molar-refractivity contribution in [2.75, 3.05) is 11.1 Å². The first-order chi connectivity index (χ1) is 14.7. The monoisotopic (exact) mass is 525 g/mol. The van der Waals surface area contributed by atoms with Crippen molar-refractivity contribution in [3.63, 3.8) is 0 Å². The van der Waals surface area contributed by atoms with E-state index in [2.05, 4.69) is 36.8 Å². The number of aromatic nitrogens is 3. The molecule has 2 amide bonds. The van der Waals surface area contributed by atoms with E-state index in [9.17, 15) is 14.0 Å². The summed E-state index contributed by atoms with van der Waals surface area (Å²) < 4.78 is 16.1. The number of nitrogens with one attached hydrogen (secondary N) is 2. The topological polar surface area (TPSA) is 88.9 Å². The number of carbonyl (C=O) groups excluding carboxylic acids is 2. The van der Waals surface area contributed by atoms with E-state index in [0.29, 0.717) is 26.0 Å². The van der Waals surface area contributed by atoms with Crippen LogP contribution in [0.3, 0.4) is 0 Å². The molecule has 31 heavy (non-hydrogen) atoms. The van der Waals surface area contributed by atoms with Crippen LogP contribution < -0.4 is 10.6 Å². The molecule has 0 saturated carbocycles. The number of carbonyl (C=O) groups is 2. The van der Waals surface area contributed by atoms with E-state index < -0.39 is 11.9 Å². The molecule has 0 aliphatic rings. The lowest BCUT2D eigenvalue weighted by Crippen LogP contribution is -2.28. The van der Waals surface area contributed by atoms with Crippen LogP contribution >= 0.6 is 39.3 Å². The van der Waals surface area contributed by atoms with E-state index in [4.69, 9.17) is 11.6 Å². The van der Waals surface area contributed by atoms with E-state index in [1.54, 1.807) is 48.9 Å². The first kappa shape index (κ1) is 23.2. The highest BCUT2D eigenvalue weighted by molar-refractivity contribution is 9.10. The van der Waals surface area contributed by atoms with Gasteiger partial charge in [-0.25, -0.2) is 4.39 Å². The lowest BCUT2D eigenvalue weighted by Gasteiger charge is -2.14. The molecule has 7 nitrogen and oxygen atoms in total. The minimum atomic E-state index is -0.530. The summed E-state index contributed by atoms with van der Waals surface area (Å²) in [6.45, 7) is 1.78. The molecule has 0 aliphatic heterocycles. The standard InChI is InChI=1S/C20H18BrClFN5O2S/c1-11(24-19(30)12-4-3-5-14(22)8-12)18-26-27-20(28(18)2)31-10-17(29)25-16-7-6-13(21)9-15(16)23/h3-9,11H,10H2,1-2H3,(H,24,30)(H,25,29). The molecule has 0 spiro atoms. The van der Waals surface area contributed by atoms with Gasteiger partial charge in [-0.15, -0.1) is 10.2 Å². The Labute approximate surface area is 195 Å². The Morgan fingerprint density at radius 1 is 1.26 bits per heavy atom. The Morgan fingerprint density at radius 3 is 2.74 bits per heavy atom. The number of anilines is 1. The van der Waals surface area contributed by atoms with E-state index in [0.717, 1.165) is 11.8 Å². The summed E-state index contributed by atoms with van der Waals surface area (Å²) in [5, 5.41) is 14.5. The molecule has 11 heteroatoms. The molecule has 3 rings (SSSR count). The minimum Gasteiger partial charge on any atom is -0.342 e. The van der Waals surface area contributed by atoms with Gasteiger partial charge in [0.2, 0.25) is 5.91 Å². The SMILES string of the molecule is CC(NC(=O)c1cccc(Cl)c1)c1nnc(SCC(=O)Nc2ccc(Br)cc2F)n1C. The Balaban J connectivity index is 1.59. The summed E-state index contributed by atoms with van der Waals surface area (Å²) in [5.41, 5.74) is 0.540. The second-order valence-electron chi connectivity index (χ2n) is 6.57. The van der Waals surface area contributed by atoms with Crippen molar-refractivity contribution in [2.45, 2.75) is 18.1 Å². The number of halogens is 3. The molecule has 1 atom stereocenters. The van der Waals surface area contributed by atoms with Gasteiger partial charge in [-0.1, -0.05) is 45.4 Å². The highest BCUT2D eigenvalue weighted by atomic mass is 79.9. The number of thioether (sulfide) groups is 1. The Morgan fingerprint density at radius 2 is 2.03 bits per heavy atom. The Kier molecular flexibility index (Phi) is 7.69. The normalized spacial score (nSPS) is 11.8. The number of hydrogen-bond acceptors (Lipinski definition) is 5. The highest BCUT2D eigenvalue weighted by Crippen LogP contribution is 2.22. The second-order valence-corrected chi connectivity index (χ2v) is 8.86. The molecule has 2 aromatic carbocycles. The van der Waals surface area contributed by atoms with Crippen LogP contribution in [-0.2, 0) is 11.8 Å². The van der Waals surface area contributed by atoms with Gasteiger partial charge < -0.3 is 15.2 Å². The fourth-order valence-corrected chi connectivity index (χ4v) is 3.95. The summed E-state index contributed by atoms with van der Waals surface area (Å²) in [5.74, 6) is -0.651. The molecule has 3 aromatic rings. The Hall–Kier alpha value is -2.43. The average Bonchev–Trinajstić information content (AvgIpc) is 3.09. The number of hydrogen-bond donors (Lipinski definition) is 2. The predicted molar refractivity (Wildman–Crippen MR) is 122 cm³/mol. The van der Waals surface area contributed by atoms with Crippen molar-refractivity contribution >= 4 is 56.8 Å². The van der Waals surface area contributed by atoms with Crippen LogP contribution in [0.2, 0.25) is 5.02 Å². The lowest BCUT2D eigenvalue weighted by atomic mass is 10.2. The first-order valence-corrected chi connectivity index (χ1v) is 11.2. The van der Waals surface area contributed by atoms with Gasteiger partial charge >= 0.3 is 0 Å². The smallest absolute Gasteiger partial charge is 0.251 e. The molecule has 0 bridgehead atoms. The third kappa shape index (κ3) is 6.05. The van der Waals surface area contributed by atoms with Crippen molar-refractivity contribution in [3.8, 4) is 0 Å². The molecular formula is C20H18BrClFN5O2S. The number of amides is 2. The van der Waals surface area contributed by atoms with Crippen LogP contribution in [-0.4, -0.2) is 32.3 Å². The molecule has 0 fully saturated rings. The lowest BCUT2D eigenvalue weighted by molar-refractivity contribution is -0.113. The van der Waals surface area contributed by atoms with Crippen LogP contribution in [0.15, 0.2) is 52.1 Å². The number of rotatable bonds is 7. The maximum absolute atomic E-state index is 13.9. The summed E-state index contributed by atoms with van der Waals surface area (Å²) in [4.78, 5) is 24.6. The Bertz CT molecular complexity index is 1130.